The van der Waals surface area contributed by atoms with Crippen LogP contribution in [0.25, 0.3) is 0 Å². The first-order valence-electron chi connectivity index (χ1n) is 6.32. The van der Waals surface area contributed by atoms with Gasteiger partial charge in [0.15, 0.2) is 0 Å². The quantitative estimate of drug-likeness (QED) is 0.519. The van der Waals surface area contributed by atoms with Crippen LogP contribution < -0.4 is 5.32 Å². The Kier molecular flexibility index (Phi) is 5.91. The average molecular weight is 221 g/mol. The lowest BCUT2D eigenvalue weighted by molar-refractivity contribution is -0.122. The molecule has 0 aliphatic heterocycles. The molecule has 1 rings (SSSR count). The van der Waals surface area contributed by atoms with Crippen LogP contribution in [0.2, 0.25) is 0 Å². The number of allylic oxidation sites excluding steroid dienone is 3. The van der Waals surface area contributed by atoms with Gasteiger partial charge in [-0.15, -0.1) is 0 Å². The van der Waals surface area contributed by atoms with Crippen molar-refractivity contribution in [2.75, 3.05) is 6.54 Å². The summed E-state index contributed by atoms with van der Waals surface area (Å²) in [4.78, 5) is 11.4. The number of unbranched alkanes of at least 4 members (excludes halogenated alkanes) is 1. The minimum Gasteiger partial charge on any atom is -0.352 e. The summed E-state index contributed by atoms with van der Waals surface area (Å²) in [6.07, 6.45) is 12.1. The fraction of sp³-hybridized carbons (Fsp3) is 0.643. The maximum Gasteiger partial charge on any atom is 0.223 e. The van der Waals surface area contributed by atoms with Gasteiger partial charge in [-0.25, -0.2) is 0 Å². The molecule has 0 heterocycles. The lowest BCUT2D eigenvalue weighted by Gasteiger charge is -2.04. The first-order valence-corrected chi connectivity index (χ1v) is 6.32. The van der Waals surface area contributed by atoms with Crippen molar-refractivity contribution in [2.45, 2.75) is 46.0 Å². The van der Waals surface area contributed by atoms with Gasteiger partial charge in [0.05, 0.1) is 0 Å². The first-order chi connectivity index (χ1) is 7.74. The molecule has 0 aromatic carbocycles. The largest absolute Gasteiger partial charge is 0.352 e. The summed E-state index contributed by atoms with van der Waals surface area (Å²) in [6.45, 7) is 4.94. The Balaban J connectivity index is 2.08. The van der Waals surface area contributed by atoms with Crippen LogP contribution in [0.4, 0.5) is 0 Å². The Bertz CT molecular complexity index is 274. The zero-order valence-corrected chi connectivity index (χ0v) is 10.5. The van der Waals surface area contributed by atoms with Crippen molar-refractivity contribution in [3.05, 3.63) is 23.8 Å². The topological polar surface area (TPSA) is 29.1 Å². The maximum absolute atomic E-state index is 11.4. The van der Waals surface area contributed by atoms with E-state index in [4.69, 9.17) is 0 Å². The molecule has 1 N–H and O–H groups in total. The van der Waals surface area contributed by atoms with E-state index in [-0.39, 0.29) is 5.91 Å². The van der Waals surface area contributed by atoms with Crippen molar-refractivity contribution in [1.29, 1.82) is 0 Å². The second kappa shape index (κ2) is 7.26. The highest BCUT2D eigenvalue weighted by Crippen LogP contribution is 2.28. The van der Waals surface area contributed by atoms with E-state index in [1.165, 1.54) is 5.57 Å². The van der Waals surface area contributed by atoms with Crippen LogP contribution >= 0.6 is 0 Å². The van der Waals surface area contributed by atoms with Crippen molar-refractivity contribution in [3.8, 4) is 0 Å². The molecule has 0 spiro atoms. The van der Waals surface area contributed by atoms with Gasteiger partial charge >= 0.3 is 0 Å². The number of carbonyl (C=O) groups is 1. The predicted molar refractivity (Wildman–Crippen MR) is 68.2 cm³/mol. The van der Waals surface area contributed by atoms with Gasteiger partial charge in [0, 0.05) is 12.5 Å². The zero-order chi connectivity index (χ0) is 11.8. The van der Waals surface area contributed by atoms with Gasteiger partial charge in [0.25, 0.3) is 0 Å². The summed E-state index contributed by atoms with van der Waals surface area (Å²) in [5.74, 6) is 0.555. The highest BCUT2D eigenvalue weighted by atomic mass is 16.2. The summed E-state index contributed by atoms with van der Waals surface area (Å²) in [5, 5.41) is 2.97. The fourth-order valence-electron chi connectivity index (χ4n) is 1.50. The maximum atomic E-state index is 11.4. The van der Waals surface area contributed by atoms with E-state index in [0.29, 0.717) is 12.5 Å². The molecule has 16 heavy (non-hydrogen) atoms. The van der Waals surface area contributed by atoms with Gasteiger partial charge < -0.3 is 5.32 Å². The Morgan fingerprint density at radius 2 is 2.06 bits per heavy atom. The normalized spacial score (nSPS) is 16.8. The Morgan fingerprint density at radius 3 is 2.69 bits per heavy atom. The highest BCUT2D eigenvalue weighted by molar-refractivity contribution is 5.80. The molecule has 0 aromatic heterocycles. The second-order valence-electron chi connectivity index (χ2n) is 4.50. The van der Waals surface area contributed by atoms with Crippen LogP contribution in [0.15, 0.2) is 23.8 Å². The average Bonchev–Trinajstić information content (AvgIpc) is 3.09. The summed E-state index contributed by atoms with van der Waals surface area (Å²) in [5.41, 5.74) is 1.26. The Hall–Kier alpha value is -1.05. The van der Waals surface area contributed by atoms with E-state index in [1.54, 1.807) is 0 Å². The summed E-state index contributed by atoms with van der Waals surface area (Å²) in [6, 6.07) is 0. The number of rotatable bonds is 7. The minimum atomic E-state index is 0.235. The third-order valence-electron chi connectivity index (χ3n) is 2.72. The number of nitrogens with one attached hydrogen (secondary N) is 1. The number of carbonyl (C=O) groups excluding carboxylic acids is 1. The van der Waals surface area contributed by atoms with Gasteiger partial charge in [-0.1, -0.05) is 30.7 Å². The molecular formula is C14H23NO. The summed E-state index contributed by atoms with van der Waals surface area (Å²) >= 11 is 0. The van der Waals surface area contributed by atoms with Crippen molar-refractivity contribution < 1.29 is 4.79 Å². The molecule has 0 atom stereocenters. The highest BCUT2D eigenvalue weighted by Gasteiger charge is 2.28. The molecule has 1 saturated carbocycles. The molecule has 1 amide bonds. The van der Waals surface area contributed by atoms with E-state index >= 15 is 0 Å². The predicted octanol–water partition coefficient (Wildman–Crippen LogP) is 3.21. The number of hydrogen-bond acceptors (Lipinski definition) is 1. The van der Waals surface area contributed by atoms with Crippen LogP contribution in [-0.2, 0) is 4.79 Å². The lowest BCUT2D eigenvalue weighted by atomic mass is 10.2. The zero-order valence-electron chi connectivity index (χ0n) is 10.5. The molecule has 0 bridgehead atoms. The van der Waals surface area contributed by atoms with Crippen LogP contribution in [0.5, 0.6) is 0 Å². The lowest BCUT2D eigenvalue weighted by Crippen LogP contribution is -2.26. The first kappa shape index (κ1) is 13.0. The summed E-state index contributed by atoms with van der Waals surface area (Å²) in [7, 11) is 0. The van der Waals surface area contributed by atoms with Gasteiger partial charge in [-0.3, -0.25) is 4.79 Å². The van der Waals surface area contributed by atoms with Crippen LogP contribution in [0, 0.1) is 5.92 Å². The molecule has 0 saturated heterocycles. The molecule has 1 aliphatic rings. The van der Waals surface area contributed by atoms with E-state index in [9.17, 15) is 4.79 Å². The molecule has 0 radical (unpaired) electrons. The molecule has 0 aromatic rings. The second-order valence-corrected chi connectivity index (χ2v) is 4.50. The molecule has 0 unspecified atom stereocenters. The number of hydrogen-bond donors (Lipinski definition) is 1. The minimum absolute atomic E-state index is 0.235. The van der Waals surface area contributed by atoms with E-state index in [2.05, 4.69) is 37.4 Å². The van der Waals surface area contributed by atoms with Crippen molar-refractivity contribution in [1.82, 2.24) is 5.32 Å². The van der Waals surface area contributed by atoms with Gasteiger partial charge in [0.2, 0.25) is 5.91 Å². The third-order valence-corrected chi connectivity index (χ3v) is 2.72. The molecule has 1 aliphatic carbocycles. The Labute approximate surface area is 98.8 Å². The number of amides is 1. The van der Waals surface area contributed by atoms with Crippen molar-refractivity contribution >= 4 is 5.91 Å². The molecule has 2 heteroatoms. The van der Waals surface area contributed by atoms with Gasteiger partial charge in [0.1, 0.15) is 0 Å². The van der Waals surface area contributed by atoms with E-state index < -0.39 is 0 Å². The van der Waals surface area contributed by atoms with E-state index in [1.807, 2.05) is 0 Å². The van der Waals surface area contributed by atoms with Crippen LogP contribution in [0.1, 0.15) is 46.0 Å². The van der Waals surface area contributed by atoms with Gasteiger partial charge in [-0.05, 0) is 39.0 Å². The third kappa shape index (κ3) is 5.74. The smallest absolute Gasteiger partial charge is 0.223 e. The van der Waals surface area contributed by atoms with Crippen LogP contribution in [-0.4, -0.2) is 12.5 Å². The SMILES string of the molecule is CC/C=C/CC/C=C(\C)CNC(=O)C1CC1. The Morgan fingerprint density at radius 1 is 1.31 bits per heavy atom. The standard InChI is InChI=1S/C14H23NO/c1-3-4-5-6-7-8-12(2)11-15-14(16)13-9-10-13/h4-5,8,13H,3,6-7,9-11H2,1-2H3,(H,15,16)/b5-4+,12-8+. The van der Waals surface area contributed by atoms with Crippen molar-refractivity contribution in [3.63, 3.8) is 0 Å². The van der Waals surface area contributed by atoms with Crippen molar-refractivity contribution in [2.24, 2.45) is 5.92 Å². The van der Waals surface area contributed by atoms with Gasteiger partial charge in [-0.2, -0.15) is 0 Å². The molecule has 90 valence electrons. The molecule has 1 fully saturated rings. The molecular weight excluding hydrogens is 198 g/mol. The van der Waals surface area contributed by atoms with Crippen LogP contribution in [0.3, 0.4) is 0 Å². The summed E-state index contributed by atoms with van der Waals surface area (Å²) < 4.78 is 0. The van der Waals surface area contributed by atoms with E-state index in [0.717, 1.165) is 32.1 Å². The molecule has 2 nitrogen and oxygen atoms in total. The monoisotopic (exact) mass is 221 g/mol. The fourth-order valence-corrected chi connectivity index (χ4v) is 1.50.